The van der Waals surface area contributed by atoms with Crippen LogP contribution in [0.2, 0.25) is 0 Å². The van der Waals surface area contributed by atoms with E-state index in [4.69, 9.17) is 4.74 Å². The number of hydrogen-bond acceptors (Lipinski definition) is 2. The Kier molecular flexibility index (Phi) is 4.00. The van der Waals surface area contributed by atoms with Crippen LogP contribution in [0.4, 0.5) is 0 Å². The number of hydrogen-bond donors (Lipinski definition) is 1. The van der Waals surface area contributed by atoms with Crippen molar-refractivity contribution in [1.29, 1.82) is 0 Å². The van der Waals surface area contributed by atoms with Gasteiger partial charge in [-0.05, 0) is 61.8 Å². The molecular formula is C18H23NO2. The fourth-order valence-corrected chi connectivity index (χ4v) is 3.57. The Morgan fingerprint density at radius 2 is 2.00 bits per heavy atom. The Hall–Kier alpha value is -1.77. The summed E-state index contributed by atoms with van der Waals surface area (Å²) in [6, 6.07) is 8.20. The second-order valence-corrected chi connectivity index (χ2v) is 6.13. The van der Waals surface area contributed by atoms with Crippen molar-refractivity contribution in [3.63, 3.8) is 0 Å². The number of carbonyl (C=O) groups excluding carboxylic acids is 1. The maximum atomic E-state index is 11.8. The summed E-state index contributed by atoms with van der Waals surface area (Å²) >= 11 is 0. The van der Waals surface area contributed by atoms with Crippen molar-refractivity contribution >= 4 is 5.91 Å². The van der Waals surface area contributed by atoms with Gasteiger partial charge in [-0.2, -0.15) is 0 Å². The lowest BCUT2D eigenvalue weighted by atomic mass is 9.77. The van der Waals surface area contributed by atoms with Gasteiger partial charge in [-0.1, -0.05) is 18.2 Å². The number of benzene rings is 1. The smallest absolute Gasteiger partial charge is 0.220 e. The van der Waals surface area contributed by atoms with E-state index in [0.29, 0.717) is 6.42 Å². The molecule has 112 valence electrons. The number of amides is 1. The molecule has 1 amide bonds. The summed E-state index contributed by atoms with van der Waals surface area (Å²) in [6.45, 7) is 0. The summed E-state index contributed by atoms with van der Waals surface area (Å²) in [6.07, 6.45) is 9.60. The summed E-state index contributed by atoms with van der Waals surface area (Å²) in [5.74, 6) is 1.06. The van der Waals surface area contributed by atoms with Crippen LogP contribution in [0.15, 0.2) is 35.9 Å². The predicted molar refractivity (Wildman–Crippen MR) is 83.4 cm³/mol. The molecule has 0 bridgehead atoms. The number of nitrogens with one attached hydrogen (secondary N) is 1. The first-order valence-electron chi connectivity index (χ1n) is 7.85. The van der Waals surface area contributed by atoms with E-state index in [0.717, 1.165) is 31.4 Å². The van der Waals surface area contributed by atoms with Crippen LogP contribution in [0.3, 0.4) is 0 Å². The number of methoxy groups -OCH3 is 1. The van der Waals surface area contributed by atoms with E-state index in [1.165, 1.54) is 24.0 Å². The van der Waals surface area contributed by atoms with Gasteiger partial charge in [0, 0.05) is 6.42 Å². The summed E-state index contributed by atoms with van der Waals surface area (Å²) < 4.78 is 5.22. The molecule has 0 radical (unpaired) electrons. The standard InChI is InChI=1S/C18H23NO2/c1-21-16-9-7-14(8-10-16)13-18(12-11-17(20)19-18)15-5-3-2-4-6-15/h5,7-10H,2-4,6,11-13H2,1H3,(H,19,20). The average molecular weight is 285 g/mol. The van der Waals surface area contributed by atoms with Crippen LogP contribution < -0.4 is 10.1 Å². The zero-order valence-electron chi connectivity index (χ0n) is 12.7. The predicted octanol–water partition coefficient (Wildman–Crippen LogP) is 3.39. The summed E-state index contributed by atoms with van der Waals surface area (Å²) in [4.78, 5) is 11.8. The highest BCUT2D eigenvalue weighted by molar-refractivity contribution is 5.80. The minimum Gasteiger partial charge on any atom is -0.497 e. The maximum absolute atomic E-state index is 11.8. The van der Waals surface area contributed by atoms with Crippen LogP contribution in [0.1, 0.15) is 44.1 Å². The summed E-state index contributed by atoms with van der Waals surface area (Å²) in [5.41, 5.74) is 2.55. The number of rotatable bonds is 4. The van der Waals surface area contributed by atoms with Gasteiger partial charge in [0.2, 0.25) is 5.91 Å². The van der Waals surface area contributed by atoms with E-state index >= 15 is 0 Å². The molecule has 0 spiro atoms. The molecule has 1 heterocycles. The number of carbonyl (C=O) groups is 1. The van der Waals surface area contributed by atoms with Crippen molar-refractivity contribution in [3.05, 3.63) is 41.5 Å². The normalized spacial score (nSPS) is 25.4. The SMILES string of the molecule is COc1ccc(CC2(C3=CCCCC3)CCC(=O)N2)cc1. The fourth-order valence-electron chi connectivity index (χ4n) is 3.57. The third kappa shape index (κ3) is 2.97. The lowest BCUT2D eigenvalue weighted by Crippen LogP contribution is -2.45. The van der Waals surface area contributed by atoms with Gasteiger partial charge in [-0.3, -0.25) is 4.79 Å². The van der Waals surface area contributed by atoms with Crippen LogP contribution in [0, 0.1) is 0 Å². The van der Waals surface area contributed by atoms with Crippen molar-refractivity contribution in [2.45, 2.75) is 50.5 Å². The van der Waals surface area contributed by atoms with Crippen molar-refractivity contribution in [2.24, 2.45) is 0 Å². The van der Waals surface area contributed by atoms with E-state index < -0.39 is 0 Å². The molecule has 1 N–H and O–H groups in total. The molecule has 21 heavy (non-hydrogen) atoms. The topological polar surface area (TPSA) is 38.3 Å². The molecule has 1 aliphatic heterocycles. The van der Waals surface area contributed by atoms with Gasteiger partial charge in [-0.25, -0.2) is 0 Å². The largest absolute Gasteiger partial charge is 0.497 e. The average Bonchev–Trinajstić information content (AvgIpc) is 2.91. The molecule has 1 aliphatic carbocycles. The van der Waals surface area contributed by atoms with Gasteiger partial charge in [0.25, 0.3) is 0 Å². The van der Waals surface area contributed by atoms with Gasteiger partial charge in [-0.15, -0.1) is 0 Å². The first kappa shape index (κ1) is 14.2. The van der Waals surface area contributed by atoms with E-state index in [9.17, 15) is 4.79 Å². The Morgan fingerprint density at radius 3 is 2.57 bits per heavy atom. The molecule has 2 aliphatic rings. The third-order valence-electron chi connectivity index (χ3n) is 4.73. The van der Waals surface area contributed by atoms with Gasteiger partial charge in [0.15, 0.2) is 0 Å². The molecule has 1 unspecified atom stereocenters. The van der Waals surface area contributed by atoms with Crippen LogP contribution in [-0.4, -0.2) is 18.6 Å². The molecule has 1 atom stereocenters. The highest BCUT2D eigenvalue weighted by Gasteiger charge is 2.40. The van der Waals surface area contributed by atoms with Crippen LogP contribution >= 0.6 is 0 Å². The van der Waals surface area contributed by atoms with Gasteiger partial charge in [0.1, 0.15) is 5.75 Å². The third-order valence-corrected chi connectivity index (χ3v) is 4.73. The Labute approximate surface area is 126 Å². The minimum absolute atomic E-state index is 0.147. The van der Waals surface area contributed by atoms with Gasteiger partial charge < -0.3 is 10.1 Å². The molecule has 0 saturated carbocycles. The molecule has 3 heteroatoms. The van der Waals surface area contributed by atoms with Crippen LogP contribution in [-0.2, 0) is 11.2 Å². The molecule has 1 saturated heterocycles. The molecule has 1 aromatic rings. The maximum Gasteiger partial charge on any atom is 0.220 e. The minimum atomic E-state index is -0.147. The molecule has 3 rings (SSSR count). The van der Waals surface area contributed by atoms with Crippen molar-refractivity contribution < 1.29 is 9.53 Å². The Morgan fingerprint density at radius 1 is 1.19 bits per heavy atom. The monoisotopic (exact) mass is 285 g/mol. The van der Waals surface area contributed by atoms with Crippen LogP contribution in [0.25, 0.3) is 0 Å². The molecule has 1 aromatic carbocycles. The van der Waals surface area contributed by atoms with E-state index in [1.807, 2.05) is 12.1 Å². The Balaban J connectivity index is 1.85. The second kappa shape index (κ2) is 5.92. The molecule has 0 aromatic heterocycles. The first-order chi connectivity index (χ1) is 10.2. The molecule has 3 nitrogen and oxygen atoms in total. The highest BCUT2D eigenvalue weighted by Crippen LogP contribution is 2.37. The van der Waals surface area contributed by atoms with E-state index in [-0.39, 0.29) is 11.4 Å². The number of ether oxygens (including phenoxy) is 1. The zero-order valence-corrected chi connectivity index (χ0v) is 12.7. The van der Waals surface area contributed by atoms with E-state index in [1.54, 1.807) is 7.11 Å². The number of allylic oxidation sites excluding steroid dienone is 1. The van der Waals surface area contributed by atoms with Crippen molar-refractivity contribution in [3.8, 4) is 5.75 Å². The second-order valence-electron chi connectivity index (χ2n) is 6.13. The summed E-state index contributed by atoms with van der Waals surface area (Å²) in [5, 5.41) is 3.28. The van der Waals surface area contributed by atoms with Gasteiger partial charge >= 0.3 is 0 Å². The Bertz CT molecular complexity index is 547. The lowest BCUT2D eigenvalue weighted by molar-refractivity contribution is -0.119. The molecular weight excluding hydrogens is 262 g/mol. The van der Waals surface area contributed by atoms with Crippen molar-refractivity contribution in [2.75, 3.05) is 7.11 Å². The molecule has 1 fully saturated rings. The highest BCUT2D eigenvalue weighted by atomic mass is 16.5. The van der Waals surface area contributed by atoms with Crippen LogP contribution in [0.5, 0.6) is 5.75 Å². The lowest BCUT2D eigenvalue weighted by Gasteiger charge is -2.34. The zero-order chi connectivity index (χ0) is 14.7. The first-order valence-corrected chi connectivity index (χ1v) is 7.85. The fraction of sp³-hybridized carbons (Fsp3) is 0.500. The summed E-state index contributed by atoms with van der Waals surface area (Å²) in [7, 11) is 1.68. The van der Waals surface area contributed by atoms with E-state index in [2.05, 4.69) is 23.5 Å². The quantitative estimate of drug-likeness (QED) is 0.861. The van der Waals surface area contributed by atoms with Gasteiger partial charge in [0.05, 0.1) is 12.6 Å². The van der Waals surface area contributed by atoms with Crippen molar-refractivity contribution in [1.82, 2.24) is 5.32 Å².